The molecule has 31 heavy (non-hydrogen) atoms. The van der Waals surface area contributed by atoms with Gasteiger partial charge in [-0.3, -0.25) is 9.52 Å². The number of benzene rings is 1. The number of carbonyl (C=O) groups is 1. The number of amides is 1. The van der Waals surface area contributed by atoms with E-state index < -0.39 is 10.0 Å². The zero-order chi connectivity index (χ0) is 21.6. The van der Waals surface area contributed by atoms with E-state index in [2.05, 4.69) is 26.8 Å². The molecular formula is C22H22N4O3S2. The van der Waals surface area contributed by atoms with Crippen LogP contribution in [0.4, 0.5) is 5.69 Å². The molecule has 1 aliphatic carbocycles. The standard InChI is InChI=1S/C22H22N4O3S2/c1-31(28,29)25-17-6-4-15(5-7-17)20-21-18(23-13-24-20)12-19(30-21)14-8-10-26(11-9-14)22(27)16-2-3-16/h4-8,12-13,16,25H,2-3,9-11H2,1H3. The molecule has 2 aliphatic rings. The van der Waals surface area contributed by atoms with Gasteiger partial charge in [0.2, 0.25) is 15.9 Å². The molecule has 0 bridgehead atoms. The van der Waals surface area contributed by atoms with E-state index in [1.165, 1.54) is 5.57 Å². The zero-order valence-electron chi connectivity index (χ0n) is 17.0. The van der Waals surface area contributed by atoms with E-state index in [9.17, 15) is 13.2 Å². The number of carbonyl (C=O) groups excluding carboxylic acids is 1. The van der Waals surface area contributed by atoms with Crippen LogP contribution in [0.25, 0.3) is 27.0 Å². The number of anilines is 1. The van der Waals surface area contributed by atoms with Crippen LogP contribution in [0, 0.1) is 5.92 Å². The second-order valence-corrected chi connectivity index (χ2v) is 10.8. The quantitative estimate of drug-likeness (QED) is 0.634. The van der Waals surface area contributed by atoms with Gasteiger partial charge in [-0.25, -0.2) is 18.4 Å². The fourth-order valence-corrected chi connectivity index (χ4v) is 5.56. The Bertz CT molecular complexity index is 1290. The van der Waals surface area contributed by atoms with E-state index >= 15 is 0 Å². The predicted molar refractivity (Wildman–Crippen MR) is 123 cm³/mol. The Morgan fingerprint density at radius 1 is 1.19 bits per heavy atom. The van der Waals surface area contributed by atoms with Crippen LogP contribution in [-0.2, 0) is 14.8 Å². The Balaban J connectivity index is 1.41. The largest absolute Gasteiger partial charge is 0.338 e. The van der Waals surface area contributed by atoms with Crippen molar-refractivity contribution in [1.29, 1.82) is 0 Å². The predicted octanol–water partition coefficient (Wildman–Crippen LogP) is 3.76. The lowest BCUT2D eigenvalue weighted by molar-refractivity contribution is -0.132. The van der Waals surface area contributed by atoms with Crippen LogP contribution in [-0.4, -0.2) is 48.5 Å². The molecule has 0 saturated heterocycles. The Morgan fingerprint density at radius 2 is 1.97 bits per heavy atom. The van der Waals surface area contributed by atoms with Gasteiger partial charge in [-0.1, -0.05) is 18.2 Å². The highest BCUT2D eigenvalue weighted by Gasteiger charge is 2.33. The van der Waals surface area contributed by atoms with E-state index in [1.54, 1.807) is 29.8 Å². The number of hydrogen-bond donors (Lipinski definition) is 1. The Hall–Kier alpha value is -2.78. The molecular weight excluding hydrogens is 432 g/mol. The topological polar surface area (TPSA) is 92.3 Å². The van der Waals surface area contributed by atoms with Crippen molar-refractivity contribution in [2.75, 3.05) is 24.1 Å². The van der Waals surface area contributed by atoms with Gasteiger partial charge in [-0.05, 0) is 43.0 Å². The summed E-state index contributed by atoms with van der Waals surface area (Å²) in [6.45, 7) is 1.44. The van der Waals surface area contributed by atoms with Gasteiger partial charge in [-0.15, -0.1) is 11.3 Å². The van der Waals surface area contributed by atoms with E-state index in [0.29, 0.717) is 18.1 Å². The number of rotatable bonds is 5. The minimum atomic E-state index is -3.31. The minimum absolute atomic E-state index is 0.260. The lowest BCUT2D eigenvalue weighted by Gasteiger charge is -2.26. The lowest BCUT2D eigenvalue weighted by Crippen LogP contribution is -2.35. The van der Waals surface area contributed by atoms with E-state index in [-0.39, 0.29) is 5.92 Å². The van der Waals surface area contributed by atoms with Crippen molar-refractivity contribution in [3.05, 3.63) is 47.6 Å². The van der Waals surface area contributed by atoms with Gasteiger partial charge >= 0.3 is 0 Å². The number of hydrogen-bond acceptors (Lipinski definition) is 6. The summed E-state index contributed by atoms with van der Waals surface area (Å²) in [6, 6.07) is 9.27. The van der Waals surface area contributed by atoms with Gasteiger partial charge in [0.25, 0.3) is 0 Å². The fraction of sp³-hybridized carbons (Fsp3) is 0.318. The molecule has 1 amide bonds. The summed E-state index contributed by atoms with van der Waals surface area (Å²) in [7, 11) is -3.31. The molecule has 3 aromatic rings. The van der Waals surface area contributed by atoms with E-state index in [0.717, 1.165) is 58.4 Å². The van der Waals surface area contributed by atoms with Crippen LogP contribution in [0.5, 0.6) is 0 Å². The summed E-state index contributed by atoms with van der Waals surface area (Å²) in [5, 5.41) is 0. The number of fused-ring (bicyclic) bond motifs is 1. The smallest absolute Gasteiger partial charge is 0.229 e. The maximum Gasteiger partial charge on any atom is 0.229 e. The molecule has 1 saturated carbocycles. The van der Waals surface area contributed by atoms with Crippen molar-refractivity contribution < 1.29 is 13.2 Å². The first-order valence-corrected chi connectivity index (χ1v) is 12.9. The second kappa shape index (κ2) is 7.72. The third-order valence-electron chi connectivity index (χ3n) is 5.54. The molecule has 3 heterocycles. The van der Waals surface area contributed by atoms with Crippen molar-refractivity contribution in [1.82, 2.24) is 14.9 Å². The van der Waals surface area contributed by atoms with Crippen molar-refractivity contribution in [3.8, 4) is 11.3 Å². The number of thiophene rings is 1. The molecule has 0 spiro atoms. The minimum Gasteiger partial charge on any atom is -0.338 e. The lowest BCUT2D eigenvalue weighted by atomic mass is 10.1. The molecule has 5 rings (SSSR count). The van der Waals surface area contributed by atoms with Crippen LogP contribution in [0.1, 0.15) is 24.1 Å². The van der Waals surface area contributed by atoms with Crippen molar-refractivity contribution in [3.63, 3.8) is 0 Å². The van der Waals surface area contributed by atoms with Gasteiger partial charge in [-0.2, -0.15) is 0 Å². The summed E-state index contributed by atoms with van der Waals surface area (Å²) in [6.07, 6.45) is 7.77. The molecule has 0 atom stereocenters. The number of nitrogens with zero attached hydrogens (tertiary/aromatic N) is 3. The summed E-state index contributed by atoms with van der Waals surface area (Å²) in [5.74, 6) is 0.560. The highest BCUT2D eigenvalue weighted by Crippen LogP contribution is 2.38. The summed E-state index contributed by atoms with van der Waals surface area (Å²) in [4.78, 5) is 24.3. The van der Waals surface area contributed by atoms with Gasteiger partial charge in [0.15, 0.2) is 0 Å². The maximum atomic E-state index is 12.3. The molecule has 2 aromatic heterocycles. The van der Waals surface area contributed by atoms with Gasteiger partial charge in [0, 0.05) is 35.1 Å². The SMILES string of the molecule is CS(=O)(=O)Nc1ccc(-c2ncnc3cc(C4=CCN(C(=O)C5CC5)CC4)sc23)cc1. The number of aromatic nitrogens is 2. The van der Waals surface area contributed by atoms with Crippen molar-refractivity contribution in [2.24, 2.45) is 5.92 Å². The highest BCUT2D eigenvalue weighted by molar-refractivity contribution is 7.92. The number of nitrogens with one attached hydrogen (secondary N) is 1. The van der Waals surface area contributed by atoms with Crippen molar-refractivity contribution in [2.45, 2.75) is 19.3 Å². The average Bonchev–Trinajstić information content (AvgIpc) is 3.50. The molecule has 7 nitrogen and oxygen atoms in total. The van der Waals surface area contributed by atoms with Crippen molar-refractivity contribution >= 4 is 48.7 Å². The molecule has 0 unspecified atom stereocenters. The molecule has 9 heteroatoms. The Labute approximate surface area is 184 Å². The second-order valence-electron chi connectivity index (χ2n) is 8.04. The van der Waals surface area contributed by atoms with Gasteiger partial charge < -0.3 is 4.90 Å². The summed E-state index contributed by atoms with van der Waals surface area (Å²) >= 11 is 1.66. The van der Waals surface area contributed by atoms with Crippen LogP contribution >= 0.6 is 11.3 Å². The Morgan fingerprint density at radius 3 is 2.61 bits per heavy atom. The van der Waals surface area contributed by atoms with Gasteiger partial charge in [0.05, 0.1) is 22.2 Å². The normalized spacial score (nSPS) is 16.9. The third-order valence-corrected chi connectivity index (χ3v) is 7.35. The molecule has 1 aromatic carbocycles. The average molecular weight is 455 g/mol. The Kier molecular flexibility index (Phi) is 5.02. The number of sulfonamides is 1. The first-order chi connectivity index (χ1) is 14.9. The first kappa shape index (κ1) is 20.1. The zero-order valence-corrected chi connectivity index (χ0v) is 18.7. The molecule has 1 aliphatic heterocycles. The van der Waals surface area contributed by atoms with Gasteiger partial charge in [0.1, 0.15) is 6.33 Å². The summed E-state index contributed by atoms with van der Waals surface area (Å²) in [5.41, 5.74) is 4.39. The van der Waals surface area contributed by atoms with E-state index in [4.69, 9.17) is 0 Å². The monoisotopic (exact) mass is 454 g/mol. The van der Waals surface area contributed by atoms with Crippen LogP contribution in [0.15, 0.2) is 42.7 Å². The molecule has 0 radical (unpaired) electrons. The first-order valence-electron chi connectivity index (χ1n) is 10.2. The molecule has 1 fully saturated rings. The molecule has 160 valence electrons. The fourth-order valence-electron chi connectivity index (χ4n) is 3.81. The third kappa shape index (κ3) is 4.33. The highest BCUT2D eigenvalue weighted by atomic mass is 32.2. The van der Waals surface area contributed by atoms with Crippen LogP contribution in [0.3, 0.4) is 0 Å². The maximum absolute atomic E-state index is 12.3. The summed E-state index contributed by atoms with van der Waals surface area (Å²) < 4.78 is 26.3. The van der Waals surface area contributed by atoms with Crippen LogP contribution in [0.2, 0.25) is 0 Å². The molecule has 1 N–H and O–H groups in total. The van der Waals surface area contributed by atoms with E-state index in [1.807, 2.05) is 17.0 Å². The van der Waals surface area contributed by atoms with Crippen LogP contribution < -0.4 is 4.72 Å².